The number of carbonyl (C=O) groups is 1. The first kappa shape index (κ1) is 12.8. The van der Waals surface area contributed by atoms with Crippen LogP contribution in [0.3, 0.4) is 0 Å². The molecule has 0 aromatic carbocycles. The van der Waals surface area contributed by atoms with Gasteiger partial charge in [-0.2, -0.15) is 5.10 Å². The summed E-state index contributed by atoms with van der Waals surface area (Å²) in [6.07, 6.45) is 1.56. The smallest absolute Gasteiger partial charge is 0.269 e. The minimum absolute atomic E-state index is 0.127. The van der Waals surface area contributed by atoms with E-state index in [-0.39, 0.29) is 5.91 Å². The van der Waals surface area contributed by atoms with Crippen LogP contribution in [-0.4, -0.2) is 29.2 Å². The maximum atomic E-state index is 11.6. The second kappa shape index (κ2) is 6.32. The highest BCUT2D eigenvalue weighted by Gasteiger charge is 2.07. The lowest BCUT2D eigenvalue weighted by atomic mass is 10.3. The SMILES string of the molecule is CC(NCCNC(=O)c1ccn[nH]1)c1cccs1. The fraction of sp³-hybridized carbons (Fsp3) is 0.333. The van der Waals surface area contributed by atoms with Gasteiger partial charge in [-0.25, -0.2) is 0 Å². The highest BCUT2D eigenvalue weighted by atomic mass is 32.1. The average molecular weight is 264 g/mol. The van der Waals surface area contributed by atoms with E-state index in [1.165, 1.54) is 4.88 Å². The normalized spacial score (nSPS) is 12.3. The summed E-state index contributed by atoms with van der Waals surface area (Å²) in [6, 6.07) is 6.11. The van der Waals surface area contributed by atoms with Crippen molar-refractivity contribution in [1.82, 2.24) is 20.8 Å². The van der Waals surface area contributed by atoms with E-state index < -0.39 is 0 Å². The standard InChI is InChI=1S/C12H16N4OS/c1-9(11-3-2-8-18-11)13-6-7-14-12(17)10-4-5-15-16-10/h2-5,8-9,13H,6-7H2,1H3,(H,14,17)(H,15,16). The first-order valence-corrected chi connectivity index (χ1v) is 6.69. The molecule has 0 radical (unpaired) electrons. The Labute approximate surface area is 110 Å². The van der Waals surface area contributed by atoms with Crippen LogP contribution in [0.15, 0.2) is 29.8 Å². The number of hydrogen-bond acceptors (Lipinski definition) is 4. The van der Waals surface area contributed by atoms with Gasteiger partial charge in [0.25, 0.3) is 5.91 Å². The molecular weight excluding hydrogens is 248 g/mol. The summed E-state index contributed by atoms with van der Waals surface area (Å²) in [7, 11) is 0. The van der Waals surface area contributed by atoms with Crippen molar-refractivity contribution in [2.45, 2.75) is 13.0 Å². The minimum Gasteiger partial charge on any atom is -0.349 e. The molecule has 18 heavy (non-hydrogen) atoms. The summed E-state index contributed by atoms with van der Waals surface area (Å²) in [4.78, 5) is 12.9. The lowest BCUT2D eigenvalue weighted by Crippen LogP contribution is -2.32. The molecule has 2 aromatic heterocycles. The molecular formula is C12H16N4OS. The van der Waals surface area contributed by atoms with E-state index >= 15 is 0 Å². The van der Waals surface area contributed by atoms with Crippen molar-refractivity contribution in [1.29, 1.82) is 0 Å². The van der Waals surface area contributed by atoms with Crippen molar-refractivity contribution in [3.63, 3.8) is 0 Å². The van der Waals surface area contributed by atoms with Crippen LogP contribution in [0.2, 0.25) is 0 Å². The second-order valence-corrected chi connectivity index (χ2v) is 4.90. The molecule has 2 aromatic rings. The number of aromatic amines is 1. The van der Waals surface area contributed by atoms with Crippen LogP contribution in [0.4, 0.5) is 0 Å². The molecule has 0 fully saturated rings. The van der Waals surface area contributed by atoms with Crippen molar-refractivity contribution in [3.8, 4) is 0 Å². The van der Waals surface area contributed by atoms with Gasteiger partial charge in [0, 0.05) is 30.2 Å². The van der Waals surface area contributed by atoms with E-state index in [2.05, 4.69) is 39.2 Å². The molecule has 0 saturated heterocycles. The minimum atomic E-state index is -0.127. The highest BCUT2D eigenvalue weighted by molar-refractivity contribution is 7.10. The molecule has 96 valence electrons. The maximum absolute atomic E-state index is 11.6. The molecule has 1 atom stereocenters. The van der Waals surface area contributed by atoms with Gasteiger partial charge in [-0.05, 0) is 24.4 Å². The maximum Gasteiger partial charge on any atom is 0.269 e. The third kappa shape index (κ3) is 3.41. The Morgan fingerprint density at radius 3 is 3.06 bits per heavy atom. The number of carbonyl (C=O) groups excluding carboxylic acids is 1. The molecule has 0 saturated carbocycles. The van der Waals surface area contributed by atoms with Gasteiger partial charge in [-0.15, -0.1) is 11.3 Å². The number of nitrogens with one attached hydrogen (secondary N) is 3. The van der Waals surface area contributed by atoms with Crippen LogP contribution in [0, 0.1) is 0 Å². The fourth-order valence-corrected chi connectivity index (χ4v) is 2.34. The number of thiophene rings is 1. The molecule has 1 unspecified atom stereocenters. The molecule has 0 aliphatic carbocycles. The highest BCUT2D eigenvalue weighted by Crippen LogP contribution is 2.17. The predicted octanol–water partition coefficient (Wildman–Crippen LogP) is 1.55. The molecule has 0 bridgehead atoms. The van der Waals surface area contributed by atoms with Crippen molar-refractivity contribution in [2.24, 2.45) is 0 Å². The third-order valence-corrected chi connectivity index (χ3v) is 3.63. The summed E-state index contributed by atoms with van der Waals surface area (Å²) >= 11 is 1.73. The number of H-pyrrole nitrogens is 1. The molecule has 5 nitrogen and oxygen atoms in total. The zero-order valence-electron chi connectivity index (χ0n) is 10.1. The molecule has 0 spiro atoms. The van der Waals surface area contributed by atoms with Crippen LogP contribution >= 0.6 is 11.3 Å². The Kier molecular flexibility index (Phi) is 4.49. The zero-order valence-corrected chi connectivity index (χ0v) is 11.0. The number of rotatable bonds is 6. The van der Waals surface area contributed by atoms with E-state index in [0.29, 0.717) is 18.3 Å². The molecule has 3 N–H and O–H groups in total. The average Bonchev–Trinajstić information content (AvgIpc) is 3.05. The number of aromatic nitrogens is 2. The molecule has 1 amide bonds. The molecule has 2 rings (SSSR count). The van der Waals surface area contributed by atoms with E-state index in [1.807, 2.05) is 6.07 Å². The van der Waals surface area contributed by atoms with E-state index in [9.17, 15) is 4.79 Å². The Morgan fingerprint density at radius 2 is 2.39 bits per heavy atom. The third-order valence-electron chi connectivity index (χ3n) is 2.58. The van der Waals surface area contributed by atoms with Crippen LogP contribution < -0.4 is 10.6 Å². The van der Waals surface area contributed by atoms with Gasteiger partial charge in [-0.3, -0.25) is 9.89 Å². The van der Waals surface area contributed by atoms with Crippen molar-refractivity contribution in [3.05, 3.63) is 40.3 Å². The topological polar surface area (TPSA) is 69.8 Å². The monoisotopic (exact) mass is 264 g/mol. The zero-order chi connectivity index (χ0) is 12.8. The first-order chi connectivity index (χ1) is 8.77. The van der Waals surface area contributed by atoms with Gasteiger partial charge in [0.2, 0.25) is 0 Å². The first-order valence-electron chi connectivity index (χ1n) is 5.81. The summed E-state index contributed by atoms with van der Waals surface area (Å²) < 4.78 is 0. The van der Waals surface area contributed by atoms with Crippen molar-refractivity contribution in [2.75, 3.05) is 13.1 Å². The Morgan fingerprint density at radius 1 is 1.50 bits per heavy atom. The molecule has 0 aliphatic heterocycles. The molecule has 6 heteroatoms. The number of amides is 1. The quantitative estimate of drug-likeness (QED) is 0.693. The van der Waals surface area contributed by atoms with Gasteiger partial charge < -0.3 is 10.6 Å². The largest absolute Gasteiger partial charge is 0.349 e. The summed E-state index contributed by atoms with van der Waals surface area (Å²) in [5.74, 6) is -0.127. The van der Waals surface area contributed by atoms with E-state index in [0.717, 1.165) is 6.54 Å². The lowest BCUT2D eigenvalue weighted by molar-refractivity contribution is 0.0948. The van der Waals surface area contributed by atoms with Crippen LogP contribution in [0.5, 0.6) is 0 Å². The Hall–Kier alpha value is -1.66. The number of nitrogens with zero attached hydrogens (tertiary/aromatic N) is 1. The predicted molar refractivity (Wildman–Crippen MR) is 71.7 cm³/mol. The van der Waals surface area contributed by atoms with E-state index in [4.69, 9.17) is 0 Å². The second-order valence-electron chi connectivity index (χ2n) is 3.92. The Balaban J connectivity index is 1.66. The summed E-state index contributed by atoms with van der Waals surface area (Å²) in [6.45, 7) is 3.44. The van der Waals surface area contributed by atoms with Gasteiger partial charge in [0.1, 0.15) is 5.69 Å². The van der Waals surface area contributed by atoms with E-state index in [1.54, 1.807) is 23.6 Å². The molecule has 0 aliphatic rings. The fourth-order valence-electron chi connectivity index (χ4n) is 1.58. The molecule has 2 heterocycles. The van der Waals surface area contributed by atoms with Crippen LogP contribution in [0.25, 0.3) is 0 Å². The van der Waals surface area contributed by atoms with Crippen LogP contribution in [-0.2, 0) is 0 Å². The van der Waals surface area contributed by atoms with Crippen LogP contribution in [0.1, 0.15) is 28.3 Å². The number of hydrogen-bond donors (Lipinski definition) is 3. The van der Waals surface area contributed by atoms with Gasteiger partial charge in [-0.1, -0.05) is 6.07 Å². The van der Waals surface area contributed by atoms with Gasteiger partial charge >= 0.3 is 0 Å². The summed E-state index contributed by atoms with van der Waals surface area (Å²) in [5, 5.41) is 14.6. The van der Waals surface area contributed by atoms with Gasteiger partial charge in [0.15, 0.2) is 0 Å². The van der Waals surface area contributed by atoms with Gasteiger partial charge in [0.05, 0.1) is 0 Å². The Bertz CT molecular complexity index is 466. The lowest BCUT2D eigenvalue weighted by Gasteiger charge is -2.12. The van der Waals surface area contributed by atoms with Crippen molar-refractivity contribution >= 4 is 17.2 Å². The van der Waals surface area contributed by atoms with Crippen molar-refractivity contribution < 1.29 is 4.79 Å². The summed E-state index contributed by atoms with van der Waals surface area (Å²) in [5.41, 5.74) is 0.487.